The molecule has 0 atom stereocenters. The molecule has 1 N–H and O–H groups in total. The summed E-state index contributed by atoms with van der Waals surface area (Å²) in [5, 5.41) is 2.59. The average Bonchev–Trinajstić information content (AvgIpc) is 2.48. The van der Waals surface area contributed by atoms with Gasteiger partial charge in [-0.25, -0.2) is 0 Å². The van der Waals surface area contributed by atoms with Crippen LogP contribution in [-0.4, -0.2) is 61.9 Å². The molecule has 1 aliphatic rings. The van der Waals surface area contributed by atoms with Crippen LogP contribution in [0.4, 0.5) is 0 Å². The summed E-state index contributed by atoms with van der Waals surface area (Å²) in [5.74, 6) is 0.0488. The van der Waals surface area contributed by atoms with Crippen molar-refractivity contribution in [2.24, 2.45) is 0 Å². The smallest absolute Gasteiger partial charge is 0.253 e. The van der Waals surface area contributed by atoms with E-state index >= 15 is 0 Å². The summed E-state index contributed by atoms with van der Waals surface area (Å²) in [4.78, 5) is 27.7. The van der Waals surface area contributed by atoms with Crippen LogP contribution in [0.3, 0.4) is 0 Å². The number of rotatable bonds is 3. The van der Waals surface area contributed by atoms with Crippen LogP contribution in [0.5, 0.6) is 0 Å². The summed E-state index contributed by atoms with van der Waals surface area (Å²) in [6.07, 6.45) is 0.347. The van der Waals surface area contributed by atoms with E-state index < -0.39 is 0 Å². The first kappa shape index (κ1) is 14.5. The molecule has 0 bridgehead atoms. The van der Waals surface area contributed by atoms with Crippen molar-refractivity contribution in [2.45, 2.75) is 6.42 Å². The van der Waals surface area contributed by atoms with E-state index in [0.717, 1.165) is 31.7 Å². The third-order valence-corrected chi connectivity index (χ3v) is 3.63. The molecule has 5 nitrogen and oxygen atoms in total. The predicted molar refractivity (Wildman–Crippen MR) is 77.6 cm³/mol. The van der Waals surface area contributed by atoms with Gasteiger partial charge >= 0.3 is 0 Å². The normalized spacial score (nSPS) is 16.0. The number of carbonyl (C=O) groups is 2. The molecule has 1 heterocycles. The maximum absolute atomic E-state index is 12.3. The molecule has 1 aromatic rings. The summed E-state index contributed by atoms with van der Waals surface area (Å²) in [7, 11) is 3.68. The fourth-order valence-electron chi connectivity index (χ4n) is 2.23. The second-order valence-corrected chi connectivity index (χ2v) is 5.14. The molecule has 1 aromatic carbocycles. The molecular formula is C15H21N3O2. The molecule has 1 fully saturated rings. The van der Waals surface area contributed by atoms with Gasteiger partial charge in [0.2, 0.25) is 5.91 Å². The Labute approximate surface area is 119 Å². The van der Waals surface area contributed by atoms with Crippen molar-refractivity contribution in [1.29, 1.82) is 0 Å². The van der Waals surface area contributed by atoms with Crippen molar-refractivity contribution in [3.63, 3.8) is 0 Å². The average molecular weight is 275 g/mol. The molecule has 1 aliphatic heterocycles. The second kappa shape index (κ2) is 6.52. The highest BCUT2D eigenvalue weighted by molar-refractivity contribution is 5.94. The number of nitrogens with one attached hydrogen (secondary N) is 1. The van der Waals surface area contributed by atoms with E-state index in [1.54, 1.807) is 19.2 Å². The minimum Gasteiger partial charge on any atom is -0.359 e. The van der Waals surface area contributed by atoms with E-state index in [0.29, 0.717) is 12.0 Å². The van der Waals surface area contributed by atoms with Gasteiger partial charge in [0.1, 0.15) is 0 Å². The van der Waals surface area contributed by atoms with Gasteiger partial charge in [-0.15, -0.1) is 0 Å². The molecule has 2 amide bonds. The standard InChI is InChI=1S/C15H21N3O2/c1-16-14(19)11-12-3-5-13(6-4-12)15(20)18-9-7-17(2)8-10-18/h3-6H,7-11H2,1-2H3,(H,16,19). The Bertz CT molecular complexity index is 476. The number of benzene rings is 1. The van der Waals surface area contributed by atoms with Crippen LogP contribution in [0.2, 0.25) is 0 Å². The summed E-state index contributed by atoms with van der Waals surface area (Å²) >= 11 is 0. The van der Waals surface area contributed by atoms with E-state index in [9.17, 15) is 9.59 Å². The van der Waals surface area contributed by atoms with Crippen LogP contribution in [0.15, 0.2) is 24.3 Å². The van der Waals surface area contributed by atoms with Crippen LogP contribution in [0.1, 0.15) is 15.9 Å². The predicted octanol–water partition coefficient (Wildman–Crippen LogP) is 0.363. The molecular weight excluding hydrogens is 254 g/mol. The molecule has 1 saturated heterocycles. The number of carbonyl (C=O) groups excluding carboxylic acids is 2. The van der Waals surface area contributed by atoms with Crippen molar-refractivity contribution in [2.75, 3.05) is 40.3 Å². The first-order valence-electron chi connectivity index (χ1n) is 6.87. The zero-order valence-electron chi connectivity index (χ0n) is 12.1. The van der Waals surface area contributed by atoms with Gasteiger partial charge in [0.05, 0.1) is 6.42 Å². The molecule has 0 aromatic heterocycles. The highest BCUT2D eigenvalue weighted by atomic mass is 16.2. The van der Waals surface area contributed by atoms with Crippen molar-refractivity contribution in [3.05, 3.63) is 35.4 Å². The quantitative estimate of drug-likeness (QED) is 0.867. The Kier molecular flexibility index (Phi) is 4.74. The number of piperazine rings is 1. The van der Waals surface area contributed by atoms with Crippen LogP contribution in [0, 0.1) is 0 Å². The van der Waals surface area contributed by atoms with Gasteiger partial charge in [0.15, 0.2) is 0 Å². The van der Waals surface area contributed by atoms with E-state index in [4.69, 9.17) is 0 Å². The molecule has 20 heavy (non-hydrogen) atoms. The summed E-state index contributed by atoms with van der Waals surface area (Å²) < 4.78 is 0. The first-order chi connectivity index (χ1) is 9.60. The molecule has 0 aliphatic carbocycles. The molecule has 5 heteroatoms. The molecule has 0 unspecified atom stereocenters. The van der Waals surface area contributed by atoms with Crippen molar-refractivity contribution in [3.8, 4) is 0 Å². The van der Waals surface area contributed by atoms with E-state index in [2.05, 4.69) is 17.3 Å². The zero-order valence-corrected chi connectivity index (χ0v) is 12.1. The zero-order chi connectivity index (χ0) is 14.5. The third kappa shape index (κ3) is 3.57. The Morgan fingerprint density at radius 2 is 1.70 bits per heavy atom. The molecule has 108 valence electrons. The topological polar surface area (TPSA) is 52.7 Å². The lowest BCUT2D eigenvalue weighted by Gasteiger charge is -2.32. The molecule has 0 spiro atoms. The lowest BCUT2D eigenvalue weighted by Crippen LogP contribution is -2.47. The van der Waals surface area contributed by atoms with E-state index in [1.165, 1.54) is 0 Å². The number of likely N-dealkylation sites (N-methyl/N-ethyl adjacent to an activating group) is 2. The molecule has 0 saturated carbocycles. The lowest BCUT2D eigenvalue weighted by atomic mass is 10.1. The first-order valence-corrected chi connectivity index (χ1v) is 6.87. The van der Waals surface area contributed by atoms with Gasteiger partial charge in [0, 0.05) is 38.8 Å². The Morgan fingerprint density at radius 3 is 2.25 bits per heavy atom. The van der Waals surface area contributed by atoms with Crippen LogP contribution < -0.4 is 5.32 Å². The van der Waals surface area contributed by atoms with Gasteiger partial charge < -0.3 is 15.1 Å². The van der Waals surface area contributed by atoms with Gasteiger partial charge in [0.25, 0.3) is 5.91 Å². The monoisotopic (exact) mass is 275 g/mol. The van der Waals surface area contributed by atoms with Crippen molar-refractivity contribution >= 4 is 11.8 Å². The lowest BCUT2D eigenvalue weighted by molar-refractivity contribution is -0.119. The van der Waals surface area contributed by atoms with Crippen LogP contribution in [-0.2, 0) is 11.2 Å². The van der Waals surface area contributed by atoms with Gasteiger partial charge in [-0.05, 0) is 24.7 Å². The Balaban J connectivity index is 1.98. The third-order valence-electron chi connectivity index (χ3n) is 3.63. The minimum atomic E-state index is -0.0249. The second-order valence-electron chi connectivity index (χ2n) is 5.14. The van der Waals surface area contributed by atoms with Gasteiger partial charge in [-0.1, -0.05) is 12.1 Å². The van der Waals surface area contributed by atoms with Crippen molar-refractivity contribution in [1.82, 2.24) is 15.1 Å². The van der Waals surface area contributed by atoms with E-state index in [-0.39, 0.29) is 11.8 Å². The highest BCUT2D eigenvalue weighted by Gasteiger charge is 2.20. The molecule has 2 rings (SSSR count). The molecule has 0 radical (unpaired) electrons. The SMILES string of the molecule is CNC(=O)Cc1ccc(C(=O)N2CCN(C)CC2)cc1. The summed E-state index contributed by atoms with van der Waals surface area (Å²) in [5.41, 5.74) is 1.61. The number of hydrogen-bond acceptors (Lipinski definition) is 3. The summed E-state index contributed by atoms with van der Waals surface area (Å²) in [6.45, 7) is 3.38. The number of hydrogen-bond donors (Lipinski definition) is 1. The Morgan fingerprint density at radius 1 is 1.10 bits per heavy atom. The number of nitrogens with zero attached hydrogens (tertiary/aromatic N) is 2. The Hall–Kier alpha value is -1.88. The van der Waals surface area contributed by atoms with Crippen LogP contribution >= 0.6 is 0 Å². The minimum absolute atomic E-state index is 0.0249. The fourth-order valence-corrected chi connectivity index (χ4v) is 2.23. The largest absolute Gasteiger partial charge is 0.359 e. The number of amides is 2. The van der Waals surface area contributed by atoms with Crippen molar-refractivity contribution < 1.29 is 9.59 Å². The van der Waals surface area contributed by atoms with Crippen LogP contribution in [0.25, 0.3) is 0 Å². The maximum atomic E-state index is 12.3. The van der Waals surface area contributed by atoms with Gasteiger partial charge in [-0.2, -0.15) is 0 Å². The van der Waals surface area contributed by atoms with E-state index in [1.807, 2.05) is 17.0 Å². The maximum Gasteiger partial charge on any atom is 0.253 e. The summed E-state index contributed by atoms with van der Waals surface area (Å²) in [6, 6.07) is 7.30. The highest BCUT2D eigenvalue weighted by Crippen LogP contribution is 2.10. The van der Waals surface area contributed by atoms with Gasteiger partial charge in [-0.3, -0.25) is 9.59 Å². The fraction of sp³-hybridized carbons (Fsp3) is 0.467.